The molecule has 3 N–H and O–H groups in total. The predicted molar refractivity (Wildman–Crippen MR) is 74.2 cm³/mol. The fourth-order valence-corrected chi connectivity index (χ4v) is 2.16. The number of amides is 1. The first-order valence-corrected chi connectivity index (χ1v) is 6.65. The molecule has 0 radical (unpaired) electrons. The molecule has 1 aromatic rings. The number of esters is 1. The standard InChI is InChI=1S/C12H17N3O3S/c1-3-7-18-11(17)10-8(2)14-12(19-10)15-9(16)5-4-6-13/h3H,1,4-7,13H2,2H3,(H,14,15,16). The summed E-state index contributed by atoms with van der Waals surface area (Å²) in [6, 6.07) is 0. The van der Waals surface area contributed by atoms with Crippen LogP contribution in [0.25, 0.3) is 0 Å². The van der Waals surface area contributed by atoms with E-state index in [1.807, 2.05) is 0 Å². The van der Waals surface area contributed by atoms with Gasteiger partial charge in [-0.25, -0.2) is 9.78 Å². The summed E-state index contributed by atoms with van der Waals surface area (Å²) in [5.74, 6) is -0.623. The molecule has 0 aliphatic carbocycles. The lowest BCUT2D eigenvalue weighted by molar-refractivity contribution is -0.116. The molecule has 0 aliphatic rings. The Balaban J connectivity index is 2.65. The van der Waals surface area contributed by atoms with Gasteiger partial charge < -0.3 is 15.8 Å². The van der Waals surface area contributed by atoms with E-state index in [9.17, 15) is 9.59 Å². The van der Waals surface area contributed by atoms with Crippen LogP contribution in [-0.4, -0.2) is 30.0 Å². The van der Waals surface area contributed by atoms with Crippen LogP contribution in [0.3, 0.4) is 0 Å². The number of carbonyl (C=O) groups excluding carboxylic acids is 2. The Kier molecular flexibility index (Phi) is 6.17. The molecule has 1 amide bonds. The topological polar surface area (TPSA) is 94.3 Å². The van der Waals surface area contributed by atoms with Gasteiger partial charge in [0.05, 0.1) is 5.69 Å². The Hall–Kier alpha value is -1.73. The number of hydrogen-bond donors (Lipinski definition) is 2. The zero-order valence-corrected chi connectivity index (χ0v) is 11.6. The Morgan fingerprint density at radius 1 is 1.58 bits per heavy atom. The number of nitrogens with two attached hydrogens (primary N) is 1. The van der Waals surface area contributed by atoms with Gasteiger partial charge in [0.2, 0.25) is 5.91 Å². The summed E-state index contributed by atoms with van der Waals surface area (Å²) >= 11 is 1.10. The first kappa shape index (κ1) is 15.3. The number of nitrogens with one attached hydrogen (secondary N) is 1. The minimum absolute atomic E-state index is 0.147. The maximum absolute atomic E-state index is 11.7. The largest absolute Gasteiger partial charge is 0.457 e. The summed E-state index contributed by atoms with van der Waals surface area (Å²) in [5, 5.41) is 3.03. The molecule has 1 rings (SSSR count). The fraction of sp³-hybridized carbons (Fsp3) is 0.417. The zero-order chi connectivity index (χ0) is 14.3. The highest BCUT2D eigenvalue weighted by Gasteiger charge is 2.17. The van der Waals surface area contributed by atoms with Gasteiger partial charge in [0, 0.05) is 6.42 Å². The zero-order valence-electron chi connectivity index (χ0n) is 10.8. The number of anilines is 1. The molecular formula is C12H17N3O3S. The molecule has 0 atom stereocenters. The minimum Gasteiger partial charge on any atom is -0.457 e. The Labute approximate surface area is 115 Å². The Morgan fingerprint density at radius 3 is 2.95 bits per heavy atom. The second-order valence-corrected chi connectivity index (χ2v) is 4.76. The monoisotopic (exact) mass is 283 g/mol. The molecule has 104 valence electrons. The quantitative estimate of drug-likeness (QED) is 0.583. The third-order valence-corrected chi connectivity index (χ3v) is 3.22. The fourth-order valence-electron chi connectivity index (χ4n) is 1.28. The van der Waals surface area contributed by atoms with E-state index in [2.05, 4.69) is 16.9 Å². The lowest BCUT2D eigenvalue weighted by atomic mass is 10.3. The van der Waals surface area contributed by atoms with Gasteiger partial charge >= 0.3 is 5.97 Å². The van der Waals surface area contributed by atoms with Crippen LogP contribution in [-0.2, 0) is 9.53 Å². The van der Waals surface area contributed by atoms with Crippen molar-refractivity contribution in [2.45, 2.75) is 19.8 Å². The first-order chi connectivity index (χ1) is 9.08. The summed E-state index contributed by atoms with van der Waals surface area (Å²) in [7, 11) is 0. The molecule has 0 spiro atoms. The van der Waals surface area contributed by atoms with Gasteiger partial charge in [-0.1, -0.05) is 24.0 Å². The number of ether oxygens (including phenoxy) is 1. The molecule has 7 heteroatoms. The number of aromatic nitrogens is 1. The third-order valence-electron chi connectivity index (χ3n) is 2.17. The smallest absolute Gasteiger partial charge is 0.350 e. The number of thiazole rings is 1. The average molecular weight is 283 g/mol. The van der Waals surface area contributed by atoms with Crippen molar-refractivity contribution in [1.29, 1.82) is 0 Å². The molecule has 0 fully saturated rings. The van der Waals surface area contributed by atoms with Crippen LogP contribution >= 0.6 is 11.3 Å². The second kappa shape index (κ2) is 7.65. The van der Waals surface area contributed by atoms with E-state index in [4.69, 9.17) is 10.5 Å². The molecule has 0 aromatic carbocycles. The van der Waals surface area contributed by atoms with Gasteiger partial charge in [0.15, 0.2) is 5.13 Å². The molecule has 1 aromatic heterocycles. The molecule has 1 heterocycles. The van der Waals surface area contributed by atoms with Crippen molar-refractivity contribution >= 4 is 28.3 Å². The van der Waals surface area contributed by atoms with Crippen LogP contribution in [0.1, 0.15) is 28.2 Å². The van der Waals surface area contributed by atoms with Gasteiger partial charge in [-0.3, -0.25) is 4.79 Å². The highest BCUT2D eigenvalue weighted by atomic mass is 32.1. The van der Waals surface area contributed by atoms with E-state index in [0.717, 1.165) is 11.3 Å². The predicted octanol–water partition coefficient (Wildman–Crippen LogP) is 1.47. The third kappa shape index (κ3) is 4.80. The van der Waals surface area contributed by atoms with Crippen LogP contribution in [0, 0.1) is 6.92 Å². The molecule has 0 bridgehead atoms. The lowest BCUT2D eigenvalue weighted by Gasteiger charge is -1.99. The van der Waals surface area contributed by atoms with Crippen molar-refractivity contribution in [1.82, 2.24) is 4.98 Å². The van der Waals surface area contributed by atoms with Crippen LogP contribution in [0.2, 0.25) is 0 Å². The number of nitrogens with zero attached hydrogens (tertiary/aromatic N) is 1. The van der Waals surface area contributed by atoms with Gasteiger partial charge in [0.1, 0.15) is 11.5 Å². The van der Waals surface area contributed by atoms with Crippen LogP contribution < -0.4 is 11.1 Å². The van der Waals surface area contributed by atoms with E-state index in [0.29, 0.717) is 35.1 Å². The average Bonchev–Trinajstić information content (AvgIpc) is 2.74. The number of aryl methyl sites for hydroxylation is 1. The van der Waals surface area contributed by atoms with Crippen molar-refractivity contribution in [2.75, 3.05) is 18.5 Å². The molecule has 0 saturated heterocycles. The summed E-state index contributed by atoms with van der Waals surface area (Å²) < 4.78 is 4.93. The van der Waals surface area contributed by atoms with Crippen molar-refractivity contribution in [2.24, 2.45) is 5.73 Å². The van der Waals surface area contributed by atoms with E-state index >= 15 is 0 Å². The summed E-state index contributed by atoms with van der Waals surface area (Å²) in [4.78, 5) is 27.7. The molecule has 19 heavy (non-hydrogen) atoms. The van der Waals surface area contributed by atoms with Gasteiger partial charge in [-0.15, -0.1) is 0 Å². The summed E-state index contributed by atoms with van der Waals surface area (Å²) in [5.41, 5.74) is 5.86. The van der Waals surface area contributed by atoms with Crippen molar-refractivity contribution in [3.63, 3.8) is 0 Å². The molecule has 6 nitrogen and oxygen atoms in total. The SMILES string of the molecule is C=CCOC(=O)c1sc(NC(=O)CCCN)nc1C. The van der Waals surface area contributed by atoms with E-state index < -0.39 is 5.97 Å². The van der Waals surface area contributed by atoms with E-state index in [1.165, 1.54) is 6.08 Å². The highest BCUT2D eigenvalue weighted by Crippen LogP contribution is 2.23. The van der Waals surface area contributed by atoms with Crippen molar-refractivity contribution in [3.8, 4) is 0 Å². The van der Waals surface area contributed by atoms with Gasteiger partial charge in [-0.2, -0.15) is 0 Å². The molecule has 0 unspecified atom stereocenters. The number of rotatable bonds is 7. The maximum atomic E-state index is 11.7. The van der Waals surface area contributed by atoms with Crippen LogP contribution in [0.4, 0.5) is 5.13 Å². The molecule has 0 aliphatic heterocycles. The second-order valence-electron chi connectivity index (χ2n) is 3.76. The first-order valence-electron chi connectivity index (χ1n) is 5.83. The lowest BCUT2D eigenvalue weighted by Crippen LogP contribution is -2.13. The number of hydrogen-bond acceptors (Lipinski definition) is 6. The minimum atomic E-state index is -0.461. The van der Waals surface area contributed by atoms with E-state index in [-0.39, 0.29) is 12.5 Å². The van der Waals surface area contributed by atoms with E-state index in [1.54, 1.807) is 6.92 Å². The van der Waals surface area contributed by atoms with Crippen LogP contribution in [0.5, 0.6) is 0 Å². The van der Waals surface area contributed by atoms with Crippen LogP contribution in [0.15, 0.2) is 12.7 Å². The van der Waals surface area contributed by atoms with Gasteiger partial charge in [-0.05, 0) is 19.9 Å². The van der Waals surface area contributed by atoms with Gasteiger partial charge in [0.25, 0.3) is 0 Å². The van der Waals surface area contributed by atoms with Crippen molar-refractivity contribution < 1.29 is 14.3 Å². The highest BCUT2D eigenvalue weighted by molar-refractivity contribution is 7.17. The maximum Gasteiger partial charge on any atom is 0.350 e. The normalized spacial score (nSPS) is 10.0. The molecule has 0 saturated carbocycles. The summed E-state index contributed by atoms with van der Waals surface area (Å²) in [6.45, 7) is 5.77. The Bertz CT molecular complexity index is 471. The van der Waals surface area contributed by atoms with Crippen molar-refractivity contribution in [3.05, 3.63) is 23.2 Å². The number of carbonyl (C=O) groups is 2. The summed E-state index contributed by atoms with van der Waals surface area (Å²) in [6.07, 6.45) is 2.44. The molecular weight excluding hydrogens is 266 g/mol. The Morgan fingerprint density at radius 2 is 2.32 bits per heavy atom.